The Morgan fingerprint density at radius 3 is 2.00 bits per heavy atom. The molecule has 202 valence electrons. The van der Waals surface area contributed by atoms with Crippen molar-refractivity contribution in [3.8, 4) is 11.5 Å². The summed E-state index contributed by atoms with van der Waals surface area (Å²) in [5, 5.41) is 6.68. The standard InChI is InChI=1S/C32H29N3O5/c1-2-39-28-20-23(18-19-27(28)40-32(38)26-16-10-5-11-17-26)21-34-35-29(36)22-33-31(37)30(24-12-6-3-7-13-24)25-14-8-4-9-15-25/h3-21,30H,2,22H2,1H3,(H,33,37)(H,35,36). The summed E-state index contributed by atoms with van der Waals surface area (Å²) in [6.07, 6.45) is 1.43. The molecule has 4 aromatic carbocycles. The third-order valence-corrected chi connectivity index (χ3v) is 5.83. The van der Waals surface area contributed by atoms with Crippen molar-refractivity contribution < 1.29 is 23.9 Å². The third kappa shape index (κ3) is 7.64. The molecule has 4 rings (SSSR count). The SMILES string of the molecule is CCOc1cc(C=NNC(=O)CNC(=O)C(c2ccccc2)c2ccccc2)ccc1OC(=O)c1ccccc1. The van der Waals surface area contributed by atoms with E-state index in [9.17, 15) is 14.4 Å². The van der Waals surface area contributed by atoms with Crippen LogP contribution in [0.25, 0.3) is 0 Å². The van der Waals surface area contributed by atoms with Crippen LogP contribution in [-0.4, -0.2) is 37.1 Å². The first-order valence-electron chi connectivity index (χ1n) is 12.8. The van der Waals surface area contributed by atoms with E-state index in [1.54, 1.807) is 42.5 Å². The van der Waals surface area contributed by atoms with Gasteiger partial charge in [-0.05, 0) is 53.9 Å². The summed E-state index contributed by atoms with van der Waals surface area (Å²) in [5.41, 5.74) is 5.10. The van der Waals surface area contributed by atoms with Crippen LogP contribution in [-0.2, 0) is 9.59 Å². The molecule has 0 fully saturated rings. The summed E-state index contributed by atoms with van der Waals surface area (Å²) in [6.45, 7) is 1.93. The fourth-order valence-corrected chi connectivity index (χ4v) is 3.96. The molecule has 2 amide bonds. The predicted octanol–water partition coefficient (Wildman–Crippen LogP) is 4.70. The Morgan fingerprint density at radius 1 is 0.800 bits per heavy atom. The Bertz CT molecular complexity index is 1420. The van der Waals surface area contributed by atoms with Crippen molar-refractivity contribution in [3.05, 3.63) is 131 Å². The van der Waals surface area contributed by atoms with Crippen LogP contribution < -0.4 is 20.2 Å². The molecule has 8 heteroatoms. The summed E-state index contributed by atoms with van der Waals surface area (Å²) >= 11 is 0. The summed E-state index contributed by atoms with van der Waals surface area (Å²) < 4.78 is 11.1. The summed E-state index contributed by atoms with van der Waals surface area (Å²) in [4.78, 5) is 37.9. The van der Waals surface area contributed by atoms with Gasteiger partial charge in [0.25, 0.3) is 5.91 Å². The third-order valence-electron chi connectivity index (χ3n) is 5.83. The van der Waals surface area contributed by atoms with Gasteiger partial charge >= 0.3 is 5.97 Å². The van der Waals surface area contributed by atoms with Crippen LogP contribution in [0.3, 0.4) is 0 Å². The number of hydrogen-bond acceptors (Lipinski definition) is 6. The molecule has 0 aliphatic heterocycles. The molecular weight excluding hydrogens is 506 g/mol. The maximum Gasteiger partial charge on any atom is 0.343 e. The highest BCUT2D eigenvalue weighted by Gasteiger charge is 2.22. The molecule has 40 heavy (non-hydrogen) atoms. The second-order valence-electron chi connectivity index (χ2n) is 8.66. The molecule has 8 nitrogen and oxygen atoms in total. The van der Waals surface area contributed by atoms with E-state index in [2.05, 4.69) is 15.8 Å². The summed E-state index contributed by atoms with van der Waals surface area (Å²) in [6, 6.07) is 32.4. The maximum absolute atomic E-state index is 13.1. The van der Waals surface area contributed by atoms with E-state index >= 15 is 0 Å². The second kappa shape index (κ2) is 14.1. The Morgan fingerprint density at radius 2 is 1.40 bits per heavy atom. The largest absolute Gasteiger partial charge is 0.490 e. The highest BCUT2D eigenvalue weighted by Crippen LogP contribution is 2.29. The number of rotatable bonds is 11. The molecule has 0 bridgehead atoms. The number of hydrazone groups is 1. The van der Waals surface area contributed by atoms with E-state index in [-0.39, 0.29) is 18.2 Å². The van der Waals surface area contributed by atoms with Gasteiger partial charge in [0.05, 0.1) is 30.8 Å². The van der Waals surface area contributed by atoms with Gasteiger partial charge in [-0.25, -0.2) is 10.2 Å². The van der Waals surface area contributed by atoms with E-state index in [0.717, 1.165) is 11.1 Å². The number of carbonyl (C=O) groups is 3. The predicted molar refractivity (Wildman–Crippen MR) is 152 cm³/mol. The molecule has 0 saturated carbocycles. The molecule has 0 spiro atoms. The van der Waals surface area contributed by atoms with Gasteiger partial charge in [-0.3, -0.25) is 9.59 Å². The van der Waals surface area contributed by atoms with Crippen LogP contribution in [0, 0.1) is 0 Å². The van der Waals surface area contributed by atoms with Crippen LogP contribution in [0.2, 0.25) is 0 Å². The number of nitrogens with one attached hydrogen (secondary N) is 2. The minimum Gasteiger partial charge on any atom is -0.490 e. The zero-order valence-corrected chi connectivity index (χ0v) is 21.9. The fraction of sp³-hybridized carbons (Fsp3) is 0.125. The number of carbonyl (C=O) groups excluding carboxylic acids is 3. The molecule has 4 aromatic rings. The minimum atomic E-state index is -0.551. The Kier molecular flexibility index (Phi) is 9.77. The van der Waals surface area contributed by atoms with E-state index < -0.39 is 17.8 Å². The normalized spacial score (nSPS) is 10.8. The van der Waals surface area contributed by atoms with E-state index in [1.807, 2.05) is 73.7 Å². The zero-order valence-electron chi connectivity index (χ0n) is 21.9. The van der Waals surface area contributed by atoms with Crippen LogP contribution >= 0.6 is 0 Å². The topological polar surface area (TPSA) is 106 Å². The lowest BCUT2D eigenvalue weighted by Crippen LogP contribution is -2.37. The Labute approximate surface area is 232 Å². The van der Waals surface area contributed by atoms with Crippen molar-refractivity contribution >= 4 is 24.0 Å². The number of nitrogens with zero attached hydrogens (tertiary/aromatic N) is 1. The van der Waals surface area contributed by atoms with Gasteiger partial charge in [-0.15, -0.1) is 0 Å². The molecule has 2 N–H and O–H groups in total. The van der Waals surface area contributed by atoms with Gasteiger partial charge in [-0.2, -0.15) is 5.10 Å². The smallest absolute Gasteiger partial charge is 0.343 e. The quantitative estimate of drug-likeness (QED) is 0.125. The maximum atomic E-state index is 13.1. The lowest BCUT2D eigenvalue weighted by molar-refractivity contribution is -0.126. The van der Waals surface area contributed by atoms with Gasteiger partial charge in [-0.1, -0.05) is 78.9 Å². The van der Waals surface area contributed by atoms with Gasteiger partial charge in [0.1, 0.15) is 0 Å². The lowest BCUT2D eigenvalue weighted by atomic mass is 9.90. The van der Waals surface area contributed by atoms with Crippen molar-refractivity contribution in [2.24, 2.45) is 5.10 Å². The van der Waals surface area contributed by atoms with Crippen molar-refractivity contribution in [1.29, 1.82) is 0 Å². The van der Waals surface area contributed by atoms with Gasteiger partial charge in [0.15, 0.2) is 11.5 Å². The van der Waals surface area contributed by atoms with Crippen molar-refractivity contribution in [2.45, 2.75) is 12.8 Å². The van der Waals surface area contributed by atoms with Crippen molar-refractivity contribution in [3.63, 3.8) is 0 Å². The molecule has 0 aromatic heterocycles. The minimum absolute atomic E-state index is 0.245. The van der Waals surface area contributed by atoms with E-state index in [0.29, 0.717) is 23.5 Å². The fourth-order valence-electron chi connectivity index (χ4n) is 3.96. The molecule has 0 unspecified atom stereocenters. The van der Waals surface area contributed by atoms with E-state index in [4.69, 9.17) is 9.47 Å². The molecule has 0 saturated heterocycles. The number of ether oxygens (including phenoxy) is 2. The first-order valence-corrected chi connectivity index (χ1v) is 12.8. The first-order chi connectivity index (χ1) is 19.5. The number of esters is 1. The summed E-state index contributed by atoms with van der Waals surface area (Å²) in [7, 11) is 0. The molecule has 0 aliphatic rings. The molecular formula is C32H29N3O5. The molecule has 0 radical (unpaired) electrons. The summed E-state index contributed by atoms with van der Waals surface area (Å²) in [5.74, 6) is -1.20. The molecule has 0 heterocycles. The van der Waals surface area contributed by atoms with Gasteiger partial charge < -0.3 is 14.8 Å². The molecule has 0 aliphatic carbocycles. The first kappa shape index (κ1) is 27.8. The Balaban J connectivity index is 1.35. The van der Waals surface area contributed by atoms with E-state index in [1.165, 1.54) is 6.21 Å². The second-order valence-corrected chi connectivity index (χ2v) is 8.66. The lowest BCUT2D eigenvalue weighted by Gasteiger charge is -2.17. The van der Waals surface area contributed by atoms with Crippen molar-refractivity contribution in [2.75, 3.05) is 13.2 Å². The number of hydrogen-bond donors (Lipinski definition) is 2. The van der Waals surface area contributed by atoms with Gasteiger partial charge in [0, 0.05) is 0 Å². The number of amides is 2. The average Bonchev–Trinajstić information content (AvgIpc) is 2.99. The highest BCUT2D eigenvalue weighted by molar-refractivity contribution is 5.92. The molecule has 0 atom stereocenters. The monoisotopic (exact) mass is 535 g/mol. The average molecular weight is 536 g/mol. The Hall–Kier alpha value is -5.24. The van der Waals surface area contributed by atoms with Crippen LogP contribution in [0.15, 0.2) is 114 Å². The van der Waals surface area contributed by atoms with Crippen LogP contribution in [0.5, 0.6) is 11.5 Å². The van der Waals surface area contributed by atoms with Crippen LogP contribution in [0.4, 0.5) is 0 Å². The zero-order chi connectivity index (χ0) is 28.2. The van der Waals surface area contributed by atoms with Crippen molar-refractivity contribution in [1.82, 2.24) is 10.7 Å². The number of benzene rings is 4. The highest BCUT2D eigenvalue weighted by atomic mass is 16.6. The van der Waals surface area contributed by atoms with Crippen LogP contribution in [0.1, 0.15) is 39.9 Å². The van der Waals surface area contributed by atoms with Gasteiger partial charge in [0.2, 0.25) is 5.91 Å².